The zero-order valence-electron chi connectivity index (χ0n) is 11.3. The molecule has 1 aromatic carbocycles. The highest BCUT2D eigenvalue weighted by Crippen LogP contribution is 2.20. The molecule has 1 N–H and O–H groups in total. The van der Waals surface area contributed by atoms with Gasteiger partial charge in [-0.2, -0.15) is 5.10 Å². The van der Waals surface area contributed by atoms with E-state index in [2.05, 4.69) is 41.0 Å². The van der Waals surface area contributed by atoms with E-state index in [0.29, 0.717) is 0 Å². The molecule has 0 saturated carbocycles. The Kier molecular flexibility index (Phi) is 4.37. The van der Waals surface area contributed by atoms with Crippen LogP contribution in [0.15, 0.2) is 24.3 Å². The number of aryl methyl sites for hydroxylation is 2. The summed E-state index contributed by atoms with van der Waals surface area (Å²) in [5, 5.41) is 15.5. The smallest absolute Gasteiger partial charge is 0.0703 e. The van der Waals surface area contributed by atoms with E-state index >= 15 is 0 Å². The van der Waals surface area contributed by atoms with Gasteiger partial charge < -0.3 is 5.11 Å². The van der Waals surface area contributed by atoms with Gasteiger partial charge in [0, 0.05) is 11.9 Å². The standard InChI is InChI=1S/C15H22N2O/c1-3-12(18)8-7-10-14-13-9-5-6-11-15(13)17(4-2)16-14/h5-6,9,11-12,18H,3-4,7-8,10H2,1-2H3. The number of para-hydroxylation sites is 1. The molecule has 0 radical (unpaired) electrons. The quantitative estimate of drug-likeness (QED) is 0.850. The van der Waals surface area contributed by atoms with Crippen molar-refractivity contribution < 1.29 is 5.11 Å². The van der Waals surface area contributed by atoms with Gasteiger partial charge in [0.05, 0.1) is 17.3 Å². The van der Waals surface area contributed by atoms with Crippen molar-refractivity contribution in [3.05, 3.63) is 30.0 Å². The maximum atomic E-state index is 9.57. The van der Waals surface area contributed by atoms with Crippen molar-refractivity contribution in [3.63, 3.8) is 0 Å². The van der Waals surface area contributed by atoms with Crippen LogP contribution in [0.1, 0.15) is 38.8 Å². The maximum Gasteiger partial charge on any atom is 0.0703 e. The Morgan fingerprint density at radius 2 is 2.06 bits per heavy atom. The molecule has 0 aliphatic carbocycles. The van der Waals surface area contributed by atoms with E-state index in [4.69, 9.17) is 0 Å². The van der Waals surface area contributed by atoms with Crippen LogP contribution in [-0.2, 0) is 13.0 Å². The van der Waals surface area contributed by atoms with Crippen LogP contribution < -0.4 is 0 Å². The molecule has 0 bridgehead atoms. The minimum atomic E-state index is -0.162. The molecule has 0 saturated heterocycles. The van der Waals surface area contributed by atoms with Crippen molar-refractivity contribution in [2.75, 3.05) is 0 Å². The molecule has 3 heteroatoms. The largest absolute Gasteiger partial charge is 0.393 e. The average molecular weight is 246 g/mol. The van der Waals surface area contributed by atoms with Gasteiger partial charge in [0.15, 0.2) is 0 Å². The predicted molar refractivity (Wildman–Crippen MR) is 74.6 cm³/mol. The molecule has 2 rings (SSSR count). The van der Waals surface area contributed by atoms with Gasteiger partial charge in [-0.3, -0.25) is 4.68 Å². The fraction of sp³-hybridized carbons (Fsp3) is 0.533. The van der Waals surface area contributed by atoms with Crippen molar-refractivity contribution in [2.45, 2.75) is 52.2 Å². The second kappa shape index (κ2) is 6.01. The molecule has 0 aliphatic rings. The molecule has 0 spiro atoms. The summed E-state index contributed by atoms with van der Waals surface area (Å²) in [4.78, 5) is 0. The second-order valence-corrected chi connectivity index (χ2v) is 4.73. The molecular weight excluding hydrogens is 224 g/mol. The van der Waals surface area contributed by atoms with Gasteiger partial charge in [-0.1, -0.05) is 25.1 Å². The highest BCUT2D eigenvalue weighted by atomic mass is 16.3. The summed E-state index contributed by atoms with van der Waals surface area (Å²) in [5.74, 6) is 0. The van der Waals surface area contributed by atoms with Crippen LogP contribution in [0.3, 0.4) is 0 Å². The summed E-state index contributed by atoms with van der Waals surface area (Å²) in [5.41, 5.74) is 2.38. The molecule has 1 heterocycles. The van der Waals surface area contributed by atoms with Gasteiger partial charge in [-0.05, 0) is 38.7 Å². The first-order valence-electron chi connectivity index (χ1n) is 6.88. The molecular formula is C15H22N2O. The third kappa shape index (κ3) is 2.72. The first-order valence-corrected chi connectivity index (χ1v) is 6.88. The lowest BCUT2D eigenvalue weighted by Crippen LogP contribution is -2.04. The maximum absolute atomic E-state index is 9.57. The van der Waals surface area contributed by atoms with Crippen LogP contribution in [0.4, 0.5) is 0 Å². The third-order valence-electron chi connectivity index (χ3n) is 3.46. The molecule has 1 unspecified atom stereocenters. The van der Waals surface area contributed by atoms with Gasteiger partial charge >= 0.3 is 0 Å². The van der Waals surface area contributed by atoms with Crippen LogP contribution in [0, 0.1) is 0 Å². The number of fused-ring (bicyclic) bond motifs is 1. The van der Waals surface area contributed by atoms with Crippen molar-refractivity contribution in [1.29, 1.82) is 0 Å². The van der Waals surface area contributed by atoms with Crippen LogP contribution in [-0.4, -0.2) is 21.0 Å². The number of hydrogen-bond donors (Lipinski definition) is 1. The lowest BCUT2D eigenvalue weighted by molar-refractivity contribution is 0.157. The fourth-order valence-corrected chi connectivity index (χ4v) is 2.33. The van der Waals surface area contributed by atoms with Gasteiger partial charge in [-0.25, -0.2) is 0 Å². The van der Waals surface area contributed by atoms with Crippen molar-refractivity contribution in [1.82, 2.24) is 9.78 Å². The Labute approximate surface area is 108 Å². The molecule has 0 aliphatic heterocycles. The second-order valence-electron chi connectivity index (χ2n) is 4.73. The van der Waals surface area contributed by atoms with Crippen LogP contribution in [0.2, 0.25) is 0 Å². The summed E-state index contributed by atoms with van der Waals surface area (Å²) in [7, 11) is 0. The van der Waals surface area contributed by atoms with E-state index in [9.17, 15) is 5.11 Å². The summed E-state index contributed by atoms with van der Waals surface area (Å²) < 4.78 is 2.06. The van der Waals surface area contributed by atoms with Crippen molar-refractivity contribution >= 4 is 10.9 Å². The number of aliphatic hydroxyl groups excluding tert-OH is 1. The molecule has 98 valence electrons. The minimum Gasteiger partial charge on any atom is -0.393 e. The van der Waals surface area contributed by atoms with Crippen molar-refractivity contribution in [3.8, 4) is 0 Å². The zero-order valence-corrected chi connectivity index (χ0v) is 11.3. The first-order chi connectivity index (χ1) is 8.76. The van der Waals surface area contributed by atoms with Crippen LogP contribution in [0.25, 0.3) is 10.9 Å². The van der Waals surface area contributed by atoms with E-state index in [1.165, 1.54) is 10.9 Å². The van der Waals surface area contributed by atoms with E-state index in [0.717, 1.165) is 37.9 Å². The number of aromatic nitrogens is 2. The molecule has 1 aromatic heterocycles. The Balaban J connectivity index is 2.13. The van der Waals surface area contributed by atoms with Gasteiger partial charge in [0.2, 0.25) is 0 Å². The predicted octanol–water partition coefficient (Wildman–Crippen LogP) is 3.15. The molecule has 1 atom stereocenters. The number of benzene rings is 1. The molecule has 2 aromatic rings. The Morgan fingerprint density at radius 3 is 2.78 bits per heavy atom. The summed E-state index contributed by atoms with van der Waals surface area (Å²) in [6.45, 7) is 5.04. The van der Waals surface area contributed by atoms with Crippen LogP contribution in [0.5, 0.6) is 0 Å². The van der Waals surface area contributed by atoms with E-state index in [1.54, 1.807) is 0 Å². The Morgan fingerprint density at radius 1 is 1.28 bits per heavy atom. The topological polar surface area (TPSA) is 38.1 Å². The SMILES string of the molecule is CCC(O)CCCc1nn(CC)c2ccccc12. The molecule has 0 fully saturated rings. The monoisotopic (exact) mass is 246 g/mol. The lowest BCUT2D eigenvalue weighted by atomic mass is 10.1. The number of rotatable bonds is 6. The van der Waals surface area contributed by atoms with Crippen molar-refractivity contribution in [2.24, 2.45) is 0 Å². The van der Waals surface area contributed by atoms with Crippen LogP contribution >= 0.6 is 0 Å². The van der Waals surface area contributed by atoms with Gasteiger partial charge in [0.1, 0.15) is 0 Å². The van der Waals surface area contributed by atoms with E-state index in [-0.39, 0.29) is 6.10 Å². The summed E-state index contributed by atoms with van der Waals surface area (Å²) >= 11 is 0. The average Bonchev–Trinajstić information content (AvgIpc) is 2.77. The summed E-state index contributed by atoms with van der Waals surface area (Å²) in [6.07, 6.45) is 3.49. The summed E-state index contributed by atoms with van der Waals surface area (Å²) in [6, 6.07) is 8.38. The zero-order chi connectivity index (χ0) is 13.0. The lowest BCUT2D eigenvalue weighted by Gasteiger charge is -2.05. The normalized spacial score (nSPS) is 13.1. The molecule has 3 nitrogen and oxygen atoms in total. The Bertz CT molecular complexity index is 504. The number of hydrogen-bond acceptors (Lipinski definition) is 2. The van der Waals surface area contributed by atoms with Gasteiger partial charge in [-0.15, -0.1) is 0 Å². The van der Waals surface area contributed by atoms with E-state index in [1.807, 2.05) is 6.92 Å². The van der Waals surface area contributed by atoms with Gasteiger partial charge in [0.25, 0.3) is 0 Å². The highest BCUT2D eigenvalue weighted by molar-refractivity contribution is 5.81. The highest BCUT2D eigenvalue weighted by Gasteiger charge is 2.09. The minimum absolute atomic E-state index is 0.162. The van der Waals surface area contributed by atoms with E-state index < -0.39 is 0 Å². The third-order valence-corrected chi connectivity index (χ3v) is 3.46. The number of aliphatic hydroxyl groups is 1. The Hall–Kier alpha value is -1.35. The first kappa shape index (κ1) is 13.1. The fourth-order valence-electron chi connectivity index (χ4n) is 2.33. The molecule has 18 heavy (non-hydrogen) atoms. The molecule has 0 amide bonds. The number of nitrogens with zero attached hydrogens (tertiary/aromatic N) is 2.